The summed E-state index contributed by atoms with van der Waals surface area (Å²) in [7, 11) is 0. The van der Waals surface area contributed by atoms with Crippen molar-refractivity contribution in [1.29, 1.82) is 0 Å². The van der Waals surface area contributed by atoms with Gasteiger partial charge in [-0.1, -0.05) is 59.6 Å². The molecule has 0 spiro atoms. The van der Waals surface area contributed by atoms with Crippen LogP contribution in [0.3, 0.4) is 0 Å². The lowest BCUT2D eigenvalue weighted by Gasteiger charge is -2.34. The molecule has 2 aromatic rings. The second-order valence-electron chi connectivity index (χ2n) is 6.86. The van der Waals surface area contributed by atoms with Crippen molar-refractivity contribution in [1.82, 2.24) is 0 Å². The third-order valence-electron chi connectivity index (χ3n) is 4.97. The van der Waals surface area contributed by atoms with Gasteiger partial charge >= 0.3 is 0 Å². The molecule has 0 fully saturated rings. The van der Waals surface area contributed by atoms with Gasteiger partial charge in [0, 0.05) is 10.9 Å². The SMILES string of the molecule is Cc1ccc(Cc2cc([C@@H]3C=C(CO)[C@@H](O)[C@H](O)[C@H]3O)ccc2Cl)cc1. The van der Waals surface area contributed by atoms with Gasteiger partial charge in [0.05, 0.1) is 12.7 Å². The van der Waals surface area contributed by atoms with Crippen LogP contribution in [0.4, 0.5) is 0 Å². The van der Waals surface area contributed by atoms with Crippen LogP contribution in [-0.2, 0) is 6.42 Å². The normalized spacial score (nSPS) is 25.8. The Hall–Kier alpha value is -1.69. The summed E-state index contributed by atoms with van der Waals surface area (Å²) in [5.41, 5.74) is 4.32. The highest BCUT2D eigenvalue weighted by molar-refractivity contribution is 6.31. The molecule has 0 radical (unpaired) electrons. The van der Waals surface area contributed by atoms with Crippen molar-refractivity contribution in [2.45, 2.75) is 37.6 Å². The summed E-state index contributed by atoms with van der Waals surface area (Å²) in [5.74, 6) is -0.524. The molecular formula is C21H23ClO4. The first-order chi connectivity index (χ1) is 12.4. The molecular weight excluding hydrogens is 352 g/mol. The lowest BCUT2D eigenvalue weighted by molar-refractivity contribution is -0.0608. The van der Waals surface area contributed by atoms with E-state index >= 15 is 0 Å². The highest BCUT2D eigenvalue weighted by Gasteiger charge is 2.37. The topological polar surface area (TPSA) is 80.9 Å². The predicted octanol–water partition coefficient (Wildman–Crippen LogP) is 2.34. The molecule has 0 bridgehead atoms. The van der Waals surface area contributed by atoms with Gasteiger partial charge in [0.1, 0.15) is 12.2 Å². The number of benzene rings is 2. The van der Waals surface area contributed by atoms with Crippen molar-refractivity contribution in [2.24, 2.45) is 0 Å². The van der Waals surface area contributed by atoms with Crippen molar-refractivity contribution >= 4 is 11.6 Å². The third-order valence-corrected chi connectivity index (χ3v) is 5.34. The summed E-state index contributed by atoms with van der Waals surface area (Å²) in [6.07, 6.45) is -1.49. The van der Waals surface area contributed by atoms with E-state index in [0.717, 1.165) is 16.7 Å². The molecule has 0 aromatic heterocycles. The van der Waals surface area contributed by atoms with Gasteiger partial charge in [0.15, 0.2) is 0 Å². The van der Waals surface area contributed by atoms with E-state index in [0.29, 0.717) is 17.0 Å². The van der Waals surface area contributed by atoms with E-state index in [1.165, 1.54) is 5.56 Å². The molecule has 138 valence electrons. The monoisotopic (exact) mass is 374 g/mol. The fraction of sp³-hybridized carbons (Fsp3) is 0.333. The number of aryl methyl sites for hydroxylation is 1. The number of aliphatic hydroxyl groups is 4. The quantitative estimate of drug-likeness (QED) is 0.619. The molecule has 0 unspecified atom stereocenters. The van der Waals surface area contributed by atoms with Crippen molar-refractivity contribution < 1.29 is 20.4 Å². The molecule has 5 heteroatoms. The average Bonchev–Trinajstić information content (AvgIpc) is 2.64. The molecule has 2 aromatic carbocycles. The van der Waals surface area contributed by atoms with Gasteiger partial charge in [-0.05, 0) is 41.7 Å². The van der Waals surface area contributed by atoms with Crippen molar-refractivity contribution in [3.8, 4) is 0 Å². The third kappa shape index (κ3) is 3.85. The van der Waals surface area contributed by atoms with Gasteiger partial charge in [0.2, 0.25) is 0 Å². The summed E-state index contributed by atoms with van der Waals surface area (Å²) in [6, 6.07) is 13.7. The first-order valence-electron chi connectivity index (χ1n) is 8.60. The predicted molar refractivity (Wildman–Crippen MR) is 101 cm³/mol. The molecule has 1 aliphatic rings. The minimum Gasteiger partial charge on any atom is -0.392 e. The lowest BCUT2D eigenvalue weighted by Crippen LogP contribution is -2.45. The minimum absolute atomic E-state index is 0.308. The largest absolute Gasteiger partial charge is 0.392 e. The number of hydrogen-bond acceptors (Lipinski definition) is 4. The minimum atomic E-state index is -1.34. The van der Waals surface area contributed by atoms with Crippen LogP contribution in [-0.4, -0.2) is 45.3 Å². The fourth-order valence-electron chi connectivity index (χ4n) is 3.35. The Kier molecular flexibility index (Phi) is 5.80. The smallest absolute Gasteiger partial charge is 0.111 e. The van der Waals surface area contributed by atoms with Gasteiger partial charge < -0.3 is 20.4 Å². The maximum absolute atomic E-state index is 10.4. The molecule has 0 saturated carbocycles. The molecule has 0 saturated heterocycles. The Labute approximate surface area is 158 Å². The van der Waals surface area contributed by atoms with E-state index in [2.05, 4.69) is 12.1 Å². The van der Waals surface area contributed by atoms with Gasteiger partial charge in [-0.3, -0.25) is 0 Å². The summed E-state index contributed by atoms with van der Waals surface area (Å²) >= 11 is 6.35. The zero-order valence-corrected chi connectivity index (χ0v) is 15.3. The number of aliphatic hydroxyl groups excluding tert-OH is 4. The number of rotatable bonds is 4. The Morgan fingerprint density at radius 1 is 0.962 bits per heavy atom. The van der Waals surface area contributed by atoms with E-state index in [-0.39, 0.29) is 6.61 Å². The van der Waals surface area contributed by atoms with Gasteiger partial charge in [-0.15, -0.1) is 0 Å². The second-order valence-corrected chi connectivity index (χ2v) is 7.27. The number of hydrogen-bond donors (Lipinski definition) is 4. The molecule has 0 aliphatic heterocycles. The molecule has 4 atom stereocenters. The van der Waals surface area contributed by atoms with Crippen LogP contribution in [0.5, 0.6) is 0 Å². The van der Waals surface area contributed by atoms with Crippen LogP contribution >= 0.6 is 11.6 Å². The average molecular weight is 375 g/mol. The fourth-order valence-corrected chi connectivity index (χ4v) is 3.53. The first-order valence-corrected chi connectivity index (χ1v) is 8.98. The second kappa shape index (κ2) is 7.91. The van der Waals surface area contributed by atoms with E-state index < -0.39 is 24.2 Å². The van der Waals surface area contributed by atoms with Crippen LogP contribution in [0.25, 0.3) is 0 Å². The van der Waals surface area contributed by atoms with E-state index in [4.69, 9.17) is 11.6 Å². The maximum atomic E-state index is 10.4. The summed E-state index contributed by atoms with van der Waals surface area (Å²) in [5, 5.41) is 40.4. The maximum Gasteiger partial charge on any atom is 0.111 e. The van der Waals surface area contributed by atoms with Gasteiger partial charge in [-0.25, -0.2) is 0 Å². The number of halogens is 1. The Bertz CT molecular complexity index is 800. The Morgan fingerprint density at radius 3 is 2.31 bits per heavy atom. The van der Waals surface area contributed by atoms with Crippen LogP contribution in [0.2, 0.25) is 5.02 Å². The Balaban J connectivity index is 1.93. The van der Waals surface area contributed by atoms with Crippen molar-refractivity contribution in [3.05, 3.63) is 81.4 Å². The van der Waals surface area contributed by atoms with Crippen LogP contribution in [0.15, 0.2) is 54.1 Å². The van der Waals surface area contributed by atoms with Crippen molar-refractivity contribution in [3.63, 3.8) is 0 Å². The summed E-state index contributed by atoms with van der Waals surface area (Å²) in [6.45, 7) is 1.66. The summed E-state index contributed by atoms with van der Waals surface area (Å²) < 4.78 is 0. The standard InChI is InChI=1S/C21H23ClO4/c1-12-2-4-13(5-3-12)8-15-9-14(6-7-18(15)22)17-10-16(11-23)19(24)21(26)20(17)25/h2-7,9-10,17,19-21,23-26H,8,11H2,1H3/t17-,19+,20-,21-/m0/s1. The molecule has 26 heavy (non-hydrogen) atoms. The van der Waals surface area contributed by atoms with Gasteiger partial charge in [-0.2, -0.15) is 0 Å². The van der Waals surface area contributed by atoms with Crippen LogP contribution in [0, 0.1) is 6.92 Å². The molecule has 0 amide bonds. The molecule has 4 nitrogen and oxygen atoms in total. The van der Waals surface area contributed by atoms with Crippen LogP contribution in [0.1, 0.15) is 28.2 Å². The zero-order chi connectivity index (χ0) is 18.8. The lowest BCUT2D eigenvalue weighted by atomic mass is 9.79. The Morgan fingerprint density at radius 2 is 1.65 bits per heavy atom. The van der Waals surface area contributed by atoms with Gasteiger partial charge in [0.25, 0.3) is 0 Å². The van der Waals surface area contributed by atoms with E-state index in [1.54, 1.807) is 18.2 Å². The van der Waals surface area contributed by atoms with E-state index in [1.807, 2.05) is 25.1 Å². The van der Waals surface area contributed by atoms with Crippen molar-refractivity contribution in [2.75, 3.05) is 6.61 Å². The molecule has 0 heterocycles. The first kappa shape index (κ1) is 19.1. The van der Waals surface area contributed by atoms with E-state index in [9.17, 15) is 20.4 Å². The zero-order valence-electron chi connectivity index (χ0n) is 14.5. The summed E-state index contributed by atoms with van der Waals surface area (Å²) in [4.78, 5) is 0. The highest BCUT2D eigenvalue weighted by Crippen LogP contribution is 2.34. The van der Waals surface area contributed by atoms with Crippen LogP contribution < -0.4 is 0 Å². The molecule has 1 aliphatic carbocycles. The molecule has 4 N–H and O–H groups in total. The molecule has 3 rings (SSSR count). The highest BCUT2D eigenvalue weighted by atomic mass is 35.5.